The van der Waals surface area contributed by atoms with Gasteiger partial charge >= 0.3 is 0 Å². The lowest BCUT2D eigenvalue weighted by Crippen LogP contribution is -2.53. The van der Waals surface area contributed by atoms with E-state index in [1.807, 2.05) is 27.7 Å². The van der Waals surface area contributed by atoms with E-state index in [9.17, 15) is 9.70 Å². The average Bonchev–Trinajstić information content (AvgIpc) is 2.61. The van der Waals surface area contributed by atoms with E-state index in [1.54, 1.807) is 4.90 Å². The number of carbonyl (C=O) groups is 1. The maximum absolute atomic E-state index is 12.2. The van der Waals surface area contributed by atoms with Gasteiger partial charge in [-0.3, -0.25) is 14.6 Å². The number of carbonyl (C=O) groups excluding carboxylic acids is 1. The molecule has 0 bridgehead atoms. The molecule has 0 aromatic rings. The molecule has 0 unspecified atom stereocenters. The summed E-state index contributed by atoms with van der Waals surface area (Å²) in [5.41, 5.74) is 5.30. The van der Waals surface area contributed by atoms with E-state index in [0.29, 0.717) is 25.0 Å². The largest absolute Gasteiger partial charge is 0.383 e. The number of guanidine groups is 1. The summed E-state index contributed by atoms with van der Waals surface area (Å²) < 4.78 is 0. The van der Waals surface area contributed by atoms with Crippen LogP contribution in [0.1, 0.15) is 27.7 Å². The average molecular weight is 265 g/mol. The monoisotopic (exact) mass is 265 g/mol. The minimum atomic E-state index is -0.461. The lowest BCUT2D eigenvalue weighted by atomic mass is 10.1. The molecule has 0 atom stereocenters. The van der Waals surface area contributed by atoms with Crippen LogP contribution >= 0.6 is 0 Å². The van der Waals surface area contributed by atoms with E-state index in [0.717, 1.165) is 0 Å². The summed E-state index contributed by atoms with van der Waals surface area (Å²) in [7, 11) is 0. The van der Waals surface area contributed by atoms with Crippen LogP contribution in [-0.2, 0) is 4.79 Å². The van der Waals surface area contributed by atoms with E-state index in [1.165, 1.54) is 4.90 Å². The minimum absolute atomic E-state index is 0.0985. The highest BCUT2D eigenvalue weighted by Crippen LogP contribution is 2.29. The summed E-state index contributed by atoms with van der Waals surface area (Å²) in [5.74, 6) is 0.472. The topological polar surface area (TPSA) is 91.4 Å². The van der Waals surface area contributed by atoms with E-state index >= 15 is 0 Å². The van der Waals surface area contributed by atoms with Crippen LogP contribution in [0.5, 0.6) is 0 Å². The SMILES string of the molecule is CC(C)CN1C2=NC(C)(C)CN2C(=O)C(N=O)=C1N. The van der Waals surface area contributed by atoms with E-state index < -0.39 is 5.91 Å². The van der Waals surface area contributed by atoms with Crippen LogP contribution in [0.3, 0.4) is 0 Å². The van der Waals surface area contributed by atoms with Crippen LogP contribution in [0.4, 0.5) is 0 Å². The smallest absolute Gasteiger partial charge is 0.286 e. The third-order valence-corrected chi connectivity index (χ3v) is 3.05. The molecule has 0 aromatic carbocycles. The molecule has 1 amide bonds. The first-order valence-corrected chi connectivity index (χ1v) is 6.29. The Bertz CT molecular complexity index is 492. The highest BCUT2D eigenvalue weighted by atomic mass is 16.3. The molecule has 2 aliphatic rings. The number of nitrogens with two attached hydrogens (primary N) is 1. The molecule has 2 N–H and O–H groups in total. The number of aliphatic imine (C=N–C) groups is 1. The number of amides is 1. The van der Waals surface area contributed by atoms with Crippen molar-refractivity contribution >= 4 is 11.9 Å². The maximum atomic E-state index is 12.2. The van der Waals surface area contributed by atoms with Gasteiger partial charge in [0.2, 0.25) is 11.7 Å². The van der Waals surface area contributed by atoms with Crippen molar-refractivity contribution in [1.29, 1.82) is 0 Å². The van der Waals surface area contributed by atoms with Gasteiger partial charge in [0.25, 0.3) is 5.91 Å². The molecule has 7 nitrogen and oxygen atoms in total. The first-order valence-electron chi connectivity index (χ1n) is 6.29. The Morgan fingerprint density at radius 1 is 1.47 bits per heavy atom. The normalized spacial score (nSPS) is 21.9. The second kappa shape index (κ2) is 4.32. The van der Waals surface area contributed by atoms with Gasteiger partial charge in [-0.25, -0.2) is 4.99 Å². The van der Waals surface area contributed by atoms with Crippen molar-refractivity contribution in [2.24, 2.45) is 21.8 Å². The van der Waals surface area contributed by atoms with Gasteiger partial charge in [0.15, 0.2) is 0 Å². The number of fused-ring (bicyclic) bond motifs is 1. The second-order valence-electron chi connectivity index (χ2n) is 5.95. The highest BCUT2D eigenvalue weighted by Gasteiger charge is 2.44. The van der Waals surface area contributed by atoms with Crippen LogP contribution in [0.25, 0.3) is 0 Å². The van der Waals surface area contributed by atoms with Crippen molar-refractivity contribution in [2.75, 3.05) is 13.1 Å². The summed E-state index contributed by atoms with van der Waals surface area (Å²) in [6.45, 7) is 8.95. The van der Waals surface area contributed by atoms with E-state index in [4.69, 9.17) is 5.73 Å². The zero-order valence-corrected chi connectivity index (χ0v) is 11.7. The Kier molecular flexibility index (Phi) is 3.07. The van der Waals surface area contributed by atoms with Crippen LogP contribution in [0, 0.1) is 10.8 Å². The van der Waals surface area contributed by atoms with Crippen molar-refractivity contribution < 1.29 is 4.79 Å². The molecule has 7 heteroatoms. The molecule has 104 valence electrons. The molecule has 0 aliphatic carbocycles. The second-order valence-corrected chi connectivity index (χ2v) is 5.95. The molecule has 0 saturated heterocycles. The molecule has 19 heavy (non-hydrogen) atoms. The van der Waals surface area contributed by atoms with Gasteiger partial charge in [-0.2, -0.15) is 0 Å². The summed E-state index contributed by atoms with van der Waals surface area (Å²) in [6, 6.07) is 0. The zero-order chi connectivity index (χ0) is 14.4. The highest BCUT2D eigenvalue weighted by molar-refractivity contribution is 6.09. The molecular formula is C12H19N5O2. The van der Waals surface area contributed by atoms with Gasteiger partial charge in [-0.1, -0.05) is 13.8 Å². The number of rotatable bonds is 3. The first kappa shape index (κ1) is 13.5. The number of hydrogen-bond acceptors (Lipinski definition) is 6. The van der Waals surface area contributed by atoms with Crippen molar-refractivity contribution in [3.05, 3.63) is 16.4 Å². The van der Waals surface area contributed by atoms with Gasteiger partial charge in [0, 0.05) is 6.54 Å². The summed E-state index contributed by atoms with van der Waals surface area (Å²) in [5, 5.41) is 2.79. The third-order valence-electron chi connectivity index (χ3n) is 3.05. The minimum Gasteiger partial charge on any atom is -0.383 e. The van der Waals surface area contributed by atoms with Gasteiger partial charge in [-0.15, -0.1) is 4.91 Å². The Morgan fingerprint density at radius 2 is 2.11 bits per heavy atom. The fourth-order valence-electron chi connectivity index (χ4n) is 2.30. The summed E-state index contributed by atoms with van der Waals surface area (Å²) in [6.07, 6.45) is 0. The molecule has 2 heterocycles. The van der Waals surface area contributed by atoms with Crippen molar-refractivity contribution in [2.45, 2.75) is 33.2 Å². The van der Waals surface area contributed by atoms with Gasteiger partial charge < -0.3 is 5.73 Å². The van der Waals surface area contributed by atoms with Crippen LogP contribution in [0.2, 0.25) is 0 Å². The molecular weight excluding hydrogens is 246 g/mol. The number of nitrogens with zero attached hydrogens (tertiary/aromatic N) is 4. The Balaban J connectivity index is 2.49. The number of hydrogen-bond donors (Lipinski definition) is 1. The molecule has 2 rings (SSSR count). The van der Waals surface area contributed by atoms with E-state index in [-0.39, 0.29) is 17.1 Å². The Hall–Kier alpha value is -1.92. The van der Waals surface area contributed by atoms with Crippen LogP contribution in [-0.4, -0.2) is 40.3 Å². The van der Waals surface area contributed by atoms with Crippen molar-refractivity contribution in [3.63, 3.8) is 0 Å². The van der Waals surface area contributed by atoms with Crippen LogP contribution in [0.15, 0.2) is 21.7 Å². The predicted molar refractivity (Wildman–Crippen MR) is 71.8 cm³/mol. The predicted octanol–water partition coefficient (Wildman–Crippen LogP) is 0.829. The molecule has 2 aliphatic heterocycles. The van der Waals surface area contributed by atoms with Crippen molar-refractivity contribution in [3.8, 4) is 0 Å². The Labute approximate surface area is 112 Å². The first-order chi connectivity index (χ1) is 8.76. The fourth-order valence-corrected chi connectivity index (χ4v) is 2.30. The van der Waals surface area contributed by atoms with Gasteiger partial charge in [0.1, 0.15) is 5.82 Å². The third kappa shape index (κ3) is 2.20. The molecule has 0 aromatic heterocycles. The molecule has 0 spiro atoms. The maximum Gasteiger partial charge on any atom is 0.286 e. The van der Waals surface area contributed by atoms with Crippen molar-refractivity contribution in [1.82, 2.24) is 9.80 Å². The van der Waals surface area contributed by atoms with Gasteiger partial charge in [0.05, 0.1) is 12.1 Å². The van der Waals surface area contributed by atoms with E-state index in [2.05, 4.69) is 10.2 Å². The Morgan fingerprint density at radius 3 is 2.63 bits per heavy atom. The molecule has 0 fully saturated rings. The van der Waals surface area contributed by atoms with Gasteiger partial charge in [-0.05, 0) is 24.9 Å². The lowest BCUT2D eigenvalue weighted by molar-refractivity contribution is -0.124. The molecule has 0 saturated carbocycles. The van der Waals surface area contributed by atoms with Crippen LogP contribution < -0.4 is 5.73 Å². The quantitative estimate of drug-likeness (QED) is 0.765. The zero-order valence-electron chi connectivity index (χ0n) is 11.7. The fraction of sp³-hybridized carbons (Fsp3) is 0.667. The molecule has 0 radical (unpaired) electrons. The standard InChI is InChI=1S/C12H19N5O2/c1-7(2)5-16-9(13)8(15-19)10(18)17-6-12(3,4)14-11(16)17/h7H,5-6,13H2,1-4H3. The summed E-state index contributed by atoms with van der Waals surface area (Å²) in [4.78, 5) is 30.7. The number of nitroso groups, excluding NO2 is 1. The lowest BCUT2D eigenvalue weighted by Gasteiger charge is -2.35. The summed E-state index contributed by atoms with van der Waals surface area (Å²) >= 11 is 0.